The number of hydrogen-bond donors (Lipinski definition) is 2. The molecule has 1 saturated heterocycles. The summed E-state index contributed by atoms with van der Waals surface area (Å²) in [4.78, 5) is 12.6. The van der Waals surface area contributed by atoms with Gasteiger partial charge in [0.1, 0.15) is 0 Å². The summed E-state index contributed by atoms with van der Waals surface area (Å²) in [7, 11) is 0. The molecule has 4 heteroatoms. The third-order valence-corrected chi connectivity index (χ3v) is 2.24. The topological polar surface area (TPSA) is 66.6 Å². The van der Waals surface area contributed by atoms with Crippen LogP contribution in [0.1, 0.15) is 12.8 Å². The van der Waals surface area contributed by atoms with Crippen LogP contribution in [0.3, 0.4) is 0 Å². The molecule has 3 N–H and O–H groups in total. The van der Waals surface area contributed by atoms with Crippen LogP contribution in [0.5, 0.6) is 0 Å². The molecule has 12 heavy (non-hydrogen) atoms. The fraction of sp³-hybridized carbons (Fsp3) is 0.875. The van der Waals surface area contributed by atoms with E-state index in [0.29, 0.717) is 12.5 Å². The number of nitrogens with zero attached hydrogens (tertiary/aromatic N) is 1. The summed E-state index contributed by atoms with van der Waals surface area (Å²) in [6, 6.07) is 0. The molecule has 0 aliphatic carbocycles. The van der Waals surface area contributed by atoms with Crippen molar-refractivity contribution in [2.24, 2.45) is 11.7 Å². The van der Waals surface area contributed by atoms with Gasteiger partial charge in [-0.25, -0.2) is 0 Å². The Balaban J connectivity index is 2.30. The predicted molar refractivity (Wildman–Crippen MR) is 45.4 cm³/mol. The quantitative estimate of drug-likeness (QED) is 0.584. The Morgan fingerprint density at radius 2 is 2.42 bits per heavy atom. The monoisotopic (exact) mass is 172 g/mol. The molecule has 0 radical (unpaired) electrons. The van der Waals surface area contributed by atoms with Crippen LogP contribution in [-0.4, -0.2) is 42.2 Å². The van der Waals surface area contributed by atoms with Gasteiger partial charge in [-0.2, -0.15) is 0 Å². The van der Waals surface area contributed by atoms with Crippen molar-refractivity contribution in [3.8, 4) is 0 Å². The Bertz CT molecular complexity index is 161. The Morgan fingerprint density at radius 1 is 1.67 bits per heavy atom. The molecule has 1 heterocycles. The van der Waals surface area contributed by atoms with E-state index in [-0.39, 0.29) is 12.5 Å². The smallest absolute Gasteiger partial charge is 0.231 e. The maximum Gasteiger partial charge on any atom is 0.231 e. The molecule has 1 unspecified atom stereocenters. The van der Waals surface area contributed by atoms with E-state index in [9.17, 15) is 4.79 Å². The van der Waals surface area contributed by atoms with E-state index < -0.39 is 0 Å². The summed E-state index contributed by atoms with van der Waals surface area (Å²) in [5, 5.41) is 8.90. The number of aliphatic hydroxyl groups excluding tert-OH is 1. The number of piperidine rings is 1. The lowest BCUT2D eigenvalue weighted by molar-refractivity contribution is -0.119. The highest BCUT2D eigenvalue weighted by Gasteiger charge is 2.19. The van der Waals surface area contributed by atoms with Crippen LogP contribution in [0, 0.1) is 5.92 Å². The molecule has 0 saturated carbocycles. The summed E-state index contributed by atoms with van der Waals surface area (Å²) >= 11 is 0. The van der Waals surface area contributed by atoms with Crippen molar-refractivity contribution in [2.45, 2.75) is 12.8 Å². The number of carbonyl (C=O) groups is 1. The minimum absolute atomic E-state index is 0.218. The van der Waals surface area contributed by atoms with E-state index in [2.05, 4.69) is 0 Å². The first-order valence-electron chi connectivity index (χ1n) is 4.34. The van der Waals surface area contributed by atoms with Crippen molar-refractivity contribution < 1.29 is 9.90 Å². The van der Waals surface area contributed by atoms with Crippen LogP contribution in [0.2, 0.25) is 0 Å². The zero-order chi connectivity index (χ0) is 8.97. The van der Waals surface area contributed by atoms with Gasteiger partial charge in [0.2, 0.25) is 5.91 Å². The molecule has 0 spiro atoms. The van der Waals surface area contributed by atoms with Crippen LogP contribution in [-0.2, 0) is 4.79 Å². The van der Waals surface area contributed by atoms with Crippen molar-refractivity contribution in [1.29, 1.82) is 0 Å². The second-order valence-electron chi connectivity index (χ2n) is 3.39. The van der Waals surface area contributed by atoms with Gasteiger partial charge in [0, 0.05) is 13.2 Å². The number of aliphatic hydroxyl groups is 1. The zero-order valence-corrected chi connectivity index (χ0v) is 7.20. The largest absolute Gasteiger partial charge is 0.396 e. The zero-order valence-electron chi connectivity index (χ0n) is 7.20. The van der Waals surface area contributed by atoms with Gasteiger partial charge in [0.05, 0.1) is 6.54 Å². The number of nitrogens with two attached hydrogens (primary N) is 1. The van der Waals surface area contributed by atoms with Crippen molar-refractivity contribution in [1.82, 2.24) is 4.90 Å². The summed E-state index contributed by atoms with van der Waals surface area (Å²) < 4.78 is 0. The summed E-state index contributed by atoms with van der Waals surface area (Å²) in [5.74, 6) is 0.0479. The lowest BCUT2D eigenvalue weighted by atomic mass is 9.99. The SMILES string of the molecule is NC(=O)CN1CCCC(CO)C1. The third-order valence-electron chi connectivity index (χ3n) is 2.24. The van der Waals surface area contributed by atoms with Crippen molar-refractivity contribution >= 4 is 5.91 Å². The number of carbonyl (C=O) groups excluding carboxylic acids is 1. The van der Waals surface area contributed by atoms with E-state index in [1.165, 1.54) is 0 Å². The Morgan fingerprint density at radius 3 is 3.00 bits per heavy atom. The van der Waals surface area contributed by atoms with E-state index in [4.69, 9.17) is 10.8 Å². The maximum atomic E-state index is 10.6. The average Bonchev–Trinajstić information content (AvgIpc) is 2.03. The first kappa shape index (κ1) is 9.48. The molecule has 1 rings (SSSR count). The molecule has 1 amide bonds. The summed E-state index contributed by atoms with van der Waals surface area (Å²) in [6.07, 6.45) is 2.12. The fourth-order valence-corrected chi connectivity index (χ4v) is 1.66. The fourth-order valence-electron chi connectivity index (χ4n) is 1.66. The molecular weight excluding hydrogens is 156 g/mol. The lowest BCUT2D eigenvalue weighted by Crippen LogP contribution is -2.41. The van der Waals surface area contributed by atoms with Crippen molar-refractivity contribution in [3.05, 3.63) is 0 Å². The Hall–Kier alpha value is -0.610. The standard InChI is InChI=1S/C8H16N2O2/c9-8(12)5-10-3-1-2-7(4-10)6-11/h7,11H,1-6H2,(H2,9,12). The van der Waals surface area contributed by atoms with Gasteiger partial charge in [-0.15, -0.1) is 0 Å². The third kappa shape index (κ3) is 2.79. The molecule has 1 aliphatic rings. The van der Waals surface area contributed by atoms with Crippen LogP contribution in [0.15, 0.2) is 0 Å². The molecule has 4 nitrogen and oxygen atoms in total. The first-order chi connectivity index (χ1) is 5.72. The first-order valence-corrected chi connectivity index (χ1v) is 4.34. The lowest BCUT2D eigenvalue weighted by Gasteiger charge is -2.30. The molecule has 0 bridgehead atoms. The summed E-state index contributed by atoms with van der Waals surface area (Å²) in [6.45, 7) is 2.28. The van der Waals surface area contributed by atoms with Gasteiger partial charge in [-0.1, -0.05) is 0 Å². The number of hydrogen-bond acceptors (Lipinski definition) is 3. The number of primary amides is 1. The van der Waals surface area contributed by atoms with Crippen LogP contribution in [0.4, 0.5) is 0 Å². The number of likely N-dealkylation sites (tertiary alicyclic amines) is 1. The molecule has 70 valence electrons. The maximum absolute atomic E-state index is 10.6. The molecule has 0 aromatic heterocycles. The van der Waals surface area contributed by atoms with E-state index in [1.807, 2.05) is 4.90 Å². The van der Waals surface area contributed by atoms with Gasteiger partial charge >= 0.3 is 0 Å². The van der Waals surface area contributed by atoms with Crippen LogP contribution < -0.4 is 5.73 Å². The van der Waals surface area contributed by atoms with Crippen LogP contribution in [0.25, 0.3) is 0 Å². The number of rotatable bonds is 3. The minimum Gasteiger partial charge on any atom is -0.396 e. The Labute approximate surface area is 72.3 Å². The molecule has 1 aliphatic heterocycles. The molecule has 0 aromatic rings. The highest BCUT2D eigenvalue weighted by atomic mass is 16.3. The van der Waals surface area contributed by atoms with Crippen molar-refractivity contribution in [3.63, 3.8) is 0 Å². The van der Waals surface area contributed by atoms with Crippen molar-refractivity contribution in [2.75, 3.05) is 26.2 Å². The minimum atomic E-state index is -0.284. The van der Waals surface area contributed by atoms with Gasteiger partial charge in [0.15, 0.2) is 0 Å². The van der Waals surface area contributed by atoms with Gasteiger partial charge < -0.3 is 10.8 Å². The molecule has 1 atom stereocenters. The van der Waals surface area contributed by atoms with E-state index in [1.54, 1.807) is 0 Å². The molecular formula is C8H16N2O2. The van der Waals surface area contributed by atoms with Gasteiger partial charge in [-0.3, -0.25) is 9.69 Å². The Kier molecular flexibility index (Phi) is 3.49. The highest BCUT2D eigenvalue weighted by Crippen LogP contribution is 2.14. The molecule has 0 aromatic carbocycles. The average molecular weight is 172 g/mol. The highest BCUT2D eigenvalue weighted by molar-refractivity contribution is 5.75. The second kappa shape index (κ2) is 4.42. The predicted octanol–water partition coefficient (Wildman–Crippen LogP) is -0.824. The summed E-state index contributed by atoms with van der Waals surface area (Å²) in [5.41, 5.74) is 5.07. The normalized spacial score (nSPS) is 25.6. The second-order valence-corrected chi connectivity index (χ2v) is 3.39. The van der Waals surface area contributed by atoms with Gasteiger partial charge in [0.25, 0.3) is 0 Å². The van der Waals surface area contributed by atoms with Crippen LogP contribution >= 0.6 is 0 Å². The van der Waals surface area contributed by atoms with E-state index >= 15 is 0 Å². The molecule has 1 fully saturated rings. The number of amides is 1. The van der Waals surface area contributed by atoms with Gasteiger partial charge in [-0.05, 0) is 25.3 Å². The van der Waals surface area contributed by atoms with E-state index in [0.717, 1.165) is 25.9 Å².